The van der Waals surface area contributed by atoms with E-state index in [9.17, 15) is 4.79 Å². The number of hydrogen-bond donors (Lipinski definition) is 1. The summed E-state index contributed by atoms with van der Waals surface area (Å²) in [4.78, 5) is 16.4. The van der Waals surface area contributed by atoms with Crippen molar-refractivity contribution in [2.75, 3.05) is 20.8 Å². The number of aromatic nitrogens is 1. The van der Waals surface area contributed by atoms with Gasteiger partial charge in [-0.1, -0.05) is 0 Å². The average Bonchev–Trinajstić information content (AvgIpc) is 3.22. The Hall–Kier alpha value is -1.62. The minimum Gasteiger partial charge on any atom is -0.481 e. The summed E-state index contributed by atoms with van der Waals surface area (Å²) in [5.74, 6) is 0.437. The van der Waals surface area contributed by atoms with Crippen LogP contribution in [0.5, 0.6) is 5.88 Å². The van der Waals surface area contributed by atoms with Crippen molar-refractivity contribution >= 4 is 5.91 Å². The smallest absolute Gasteiger partial charge is 0.251 e. The molecule has 1 aliphatic carbocycles. The first kappa shape index (κ1) is 13.8. The molecule has 5 nitrogen and oxygen atoms in total. The Morgan fingerprint density at radius 2 is 2.21 bits per heavy atom. The number of nitrogens with zero attached hydrogens (tertiary/aromatic N) is 1. The minimum absolute atomic E-state index is 0.0452. The molecular weight excluding hydrogens is 244 g/mol. The molecule has 0 aliphatic heterocycles. The van der Waals surface area contributed by atoms with Gasteiger partial charge in [0.05, 0.1) is 7.11 Å². The largest absolute Gasteiger partial charge is 0.481 e. The second-order valence-electron chi connectivity index (χ2n) is 4.73. The topological polar surface area (TPSA) is 60.5 Å². The fraction of sp³-hybridized carbons (Fsp3) is 0.571. The molecule has 0 atom stereocenters. The van der Waals surface area contributed by atoms with E-state index in [0.717, 1.165) is 31.4 Å². The third-order valence-corrected chi connectivity index (χ3v) is 3.02. The molecule has 1 N–H and O–H groups in total. The Labute approximate surface area is 113 Å². The van der Waals surface area contributed by atoms with E-state index < -0.39 is 0 Å². The van der Waals surface area contributed by atoms with Gasteiger partial charge in [0.2, 0.25) is 5.88 Å². The maximum Gasteiger partial charge on any atom is 0.251 e. The van der Waals surface area contributed by atoms with Crippen molar-refractivity contribution < 1.29 is 14.3 Å². The van der Waals surface area contributed by atoms with E-state index in [4.69, 9.17) is 9.47 Å². The van der Waals surface area contributed by atoms with Gasteiger partial charge in [0.1, 0.15) is 0 Å². The Balaban J connectivity index is 2.07. The van der Waals surface area contributed by atoms with E-state index in [1.807, 2.05) is 6.07 Å². The first-order valence-corrected chi connectivity index (χ1v) is 6.57. The number of nitrogens with one attached hydrogen (secondary N) is 1. The normalized spacial score (nSPS) is 14.2. The summed E-state index contributed by atoms with van der Waals surface area (Å²) in [5.41, 5.74) is 1.48. The minimum atomic E-state index is -0.0452. The highest BCUT2D eigenvalue weighted by Crippen LogP contribution is 2.20. The molecule has 1 aromatic heterocycles. The second-order valence-corrected chi connectivity index (χ2v) is 4.73. The lowest BCUT2D eigenvalue weighted by Gasteiger charge is -2.08. The number of rotatable bonds is 7. The van der Waals surface area contributed by atoms with Crippen molar-refractivity contribution in [2.45, 2.75) is 31.7 Å². The number of carbonyl (C=O) groups excluding carboxylic acids is 1. The summed E-state index contributed by atoms with van der Waals surface area (Å²) in [5, 5.41) is 2.97. The lowest BCUT2D eigenvalue weighted by Crippen LogP contribution is -2.25. The quantitative estimate of drug-likeness (QED) is 0.759. The van der Waals surface area contributed by atoms with Gasteiger partial charge < -0.3 is 14.8 Å². The van der Waals surface area contributed by atoms with Crippen LogP contribution in [-0.4, -0.2) is 37.8 Å². The zero-order valence-electron chi connectivity index (χ0n) is 11.4. The molecule has 104 valence electrons. The summed E-state index contributed by atoms with van der Waals surface area (Å²) in [6.07, 6.45) is 3.80. The van der Waals surface area contributed by atoms with Crippen LogP contribution in [0.25, 0.3) is 0 Å². The van der Waals surface area contributed by atoms with E-state index in [1.54, 1.807) is 20.3 Å². The summed E-state index contributed by atoms with van der Waals surface area (Å²) in [6, 6.07) is 3.86. The number of pyridine rings is 1. The maximum atomic E-state index is 12.0. The highest BCUT2D eigenvalue weighted by molar-refractivity contribution is 5.94. The highest BCUT2D eigenvalue weighted by Gasteiger charge is 2.24. The molecule has 1 amide bonds. The molecule has 19 heavy (non-hydrogen) atoms. The Morgan fingerprint density at radius 1 is 1.42 bits per heavy atom. The predicted molar refractivity (Wildman–Crippen MR) is 71.5 cm³/mol. The van der Waals surface area contributed by atoms with Crippen LogP contribution < -0.4 is 10.1 Å². The number of aryl methyl sites for hydroxylation is 1. The standard InChI is InChI=1S/C14H20N2O3/c1-18-7-3-4-12-8-10(9-13(15-12)19-2)14(17)16-11-5-6-11/h8-9,11H,3-7H2,1-2H3,(H,16,17). The van der Waals surface area contributed by atoms with Crippen molar-refractivity contribution in [3.8, 4) is 5.88 Å². The van der Waals surface area contributed by atoms with Crippen molar-refractivity contribution in [3.63, 3.8) is 0 Å². The van der Waals surface area contributed by atoms with Gasteiger partial charge in [-0.2, -0.15) is 0 Å². The van der Waals surface area contributed by atoms with Crippen molar-refractivity contribution in [1.82, 2.24) is 10.3 Å². The number of amides is 1. The fourth-order valence-electron chi connectivity index (χ4n) is 1.82. The van der Waals surface area contributed by atoms with Crippen LogP contribution >= 0.6 is 0 Å². The third kappa shape index (κ3) is 4.21. The SMILES string of the molecule is COCCCc1cc(C(=O)NC2CC2)cc(OC)n1. The van der Waals surface area contributed by atoms with Gasteiger partial charge in [0.25, 0.3) is 5.91 Å². The molecule has 0 aromatic carbocycles. The lowest BCUT2D eigenvalue weighted by molar-refractivity contribution is 0.0950. The summed E-state index contributed by atoms with van der Waals surface area (Å²) in [7, 11) is 3.23. The predicted octanol–water partition coefficient (Wildman–Crippen LogP) is 1.56. The van der Waals surface area contributed by atoms with Gasteiger partial charge in [0, 0.05) is 37.1 Å². The molecule has 0 unspecified atom stereocenters. The first-order valence-electron chi connectivity index (χ1n) is 6.57. The number of methoxy groups -OCH3 is 2. The van der Waals surface area contributed by atoms with Crippen LogP contribution in [0.3, 0.4) is 0 Å². The highest BCUT2D eigenvalue weighted by atomic mass is 16.5. The summed E-state index contributed by atoms with van der Waals surface area (Å²) in [6.45, 7) is 0.683. The number of ether oxygens (including phenoxy) is 2. The van der Waals surface area contributed by atoms with Gasteiger partial charge >= 0.3 is 0 Å². The summed E-state index contributed by atoms with van der Waals surface area (Å²) >= 11 is 0. The molecule has 1 aliphatic rings. The Kier molecular flexibility index (Phi) is 4.74. The lowest BCUT2D eigenvalue weighted by atomic mass is 10.1. The molecular formula is C14H20N2O3. The van der Waals surface area contributed by atoms with E-state index in [2.05, 4.69) is 10.3 Å². The van der Waals surface area contributed by atoms with Crippen LogP contribution in [0.2, 0.25) is 0 Å². The third-order valence-electron chi connectivity index (χ3n) is 3.02. The average molecular weight is 264 g/mol. The maximum absolute atomic E-state index is 12.0. The molecule has 0 radical (unpaired) electrons. The molecule has 0 bridgehead atoms. The van der Waals surface area contributed by atoms with Crippen molar-refractivity contribution in [3.05, 3.63) is 23.4 Å². The van der Waals surface area contributed by atoms with Crippen LogP contribution in [0, 0.1) is 0 Å². The van der Waals surface area contributed by atoms with Crippen LogP contribution in [0.4, 0.5) is 0 Å². The molecule has 1 fully saturated rings. The summed E-state index contributed by atoms with van der Waals surface area (Å²) < 4.78 is 10.2. The molecule has 0 spiro atoms. The monoisotopic (exact) mass is 264 g/mol. The zero-order chi connectivity index (χ0) is 13.7. The van der Waals surface area contributed by atoms with Gasteiger partial charge in [-0.25, -0.2) is 4.98 Å². The zero-order valence-corrected chi connectivity index (χ0v) is 11.4. The van der Waals surface area contributed by atoms with Gasteiger partial charge in [-0.15, -0.1) is 0 Å². The van der Waals surface area contributed by atoms with E-state index in [1.165, 1.54) is 0 Å². The van der Waals surface area contributed by atoms with Crippen molar-refractivity contribution in [2.24, 2.45) is 0 Å². The molecule has 0 saturated heterocycles. The van der Waals surface area contributed by atoms with E-state index >= 15 is 0 Å². The molecule has 1 aromatic rings. The van der Waals surface area contributed by atoms with Gasteiger partial charge in [-0.05, 0) is 31.7 Å². The first-order chi connectivity index (χ1) is 9.22. The van der Waals surface area contributed by atoms with E-state index in [-0.39, 0.29) is 5.91 Å². The molecule has 2 rings (SSSR count). The van der Waals surface area contributed by atoms with Crippen LogP contribution in [0.15, 0.2) is 12.1 Å². The van der Waals surface area contributed by atoms with Gasteiger partial charge in [-0.3, -0.25) is 4.79 Å². The number of hydrogen-bond acceptors (Lipinski definition) is 4. The van der Waals surface area contributed by atoms with Crippen LogP contribution in [0.1, 0.15) is 35.3 Å². The molecule has 5 heteroatoms. The fourth-order valence-corrected chi connectivity index (χ4v) is 1.82. The molecule has 1 heterocycles. The van der Waals surface area contributed by atoms with E-state index in [0.29, 0.717) is 24.1 Å². The van der Waals surface area contributed by atoms with Gasteiger partial charge in [0.15, 0.2) is 0 Å². The second kappa shape index (κ2) is 6.52. The van der Waals surface area contributed by atoms with Crippen LogP contribution in [-0.2, 0) is 11.2 Å². The Bertz CT molecular complexity index is 444. The Morgan fingerprint density at radius 3 is 2.84 bits per heavy atom. The number of carbonyl (C=O) groups is 1. The van der Waals surface area contributed by atoms with Crippen molar-refractivity contribution in [1.29, 1.82) is 0 Å². The molecule has 1 saturated carbocycles.